The van der Waals surface area contributed by atoms with E-state index in [2.05, 4.69) is 291 Å². The second kappa shape index (κ2) is 29.0. The van der Waals surface area contributed by atoms with Crippen molar-refractivity contribution in [1.82, 2.24) is 0 Å². The van der Waals surface area contributed by atoms with E-state index in [1.54, 1.807) is 77.9 Å². The molecule has 24 rings (SSSR count). The third kappa shape index (κ3) is 13.2. The van der Waals surface area contributed by atoms with Crippen LogP contribution in [0.5, 0.6) is 0 Å². The maximum Gasteiger partial charge on any atom is -0.00706 e. The summed E-state index contributed by atoms with van der Waals surface area (Å²) < 4.78 is 0. The fourth-order valence-electron chi connectivity index (χ4n) is 18.7. The summed E-state index contributed by atoms with van der Waals surface area (Å²) in [6.07, 6.45) is 27.1. The molecule has 7 aliphatic carbocycles. The van der Waals surface area contributed by atoms with E-state index >= 15 is 0 Å². The van der Waals surface area contributed by atoms with Crippen LogP contribution >= 0.6 is 0 Å². The summed E-state index contributed by atoms with van der Waals surface area (Å²) in [6.45, 7) is 0. The maximum atomic E-state index is 2.42. The predicted octanol–water partition coefficient (Wildman–Crippen LogP) is 26.8. The van der Waals surface area contributed by atoms with Gasteiger partial charge < -0.3 is 0 Å². The highest BCUT2D eigenvalue weighted by atomic mass is 14.2. The van der Waals surface area contributed by atoms with Crippen molar-refractivity contribution in [1.29, 1.82) is 0 Å². The standard InChI is InChI=1S/4C17H14.2C13H12.C9H10/c1-2-7-16-12(4-1)8-9-15-10-13-5-3-6-14(13)11-17(15)16;1-2-6-15-12(4-1)8-10-14-11-9-13-5-3-7-16(13)17(14)15;1-2-6-14-12(4-1)8-10-17-15-7-3-5-13(15)9-11-16(14)17;1-2-5-14-11-17-15(10-13(14)4-1)9-8-12-6-3-7-16(12)17;1-2-6-12-10(4-1)8-9-11-5-3-7-13(11)12;1-2-5-11-9-13-7-3-6-12(13)8-10(11)4-1;1-2-5-9-7-3-6-8(9)4-1/h1-2,4,7-11H,3,5-6H2;2*1-2,4,6,8-11H,3,5,7H2;1-2,4-5,8-11H,3,6-7H2;1-2,4,6,8-9H,3,5,7H2;1-2,4-5,8-9H,3,6-7H2;1-2,4-5H,3,6-7H2. The van der Waals surface area contributed by atoms with E-state index in [1.807, 2.05) is 0 Å². The number of benzene rings is 17. The van der Waals surface area contributed by atoms with Gasteiger partial charge in [0.25, 0.3) is 0 Å². The molecule has 0 unspecified atom stereocenters. The van der Waals surface area contributed by atoms with Crippen LogP contribution in [-0.4, -0.2) is 0 Å². The zero-order chi connectivity index (χ0) is 68.4. The van der Waals surface area contributed by atoms with Crippen LogP contribution in [0.3, 0.4) is 0 Å². The van der Waals surface area contributed by atoms with E-state index in [0.29, 0.717) is 0 Å². The molecule has 0 bridgehead atoms. The molecular weight excluding hydrogens is 1240 g/mol. The van der Waals surface area contributed by atoms with Crippen molar-refractivity contribution in [3.05, 3.63) is 369 Å². The van der Waals surface area contributed by atoms with Crippen molar-refractivity contribution >= 4 is 108 Å². The van der Waals surface area contributed by atoms with Gasteiger partial charge in [-0.3, -0.25) is 0 Å². The fourth-order valence-corrected chi connectivity index (χ4v) is 18.7. The molecule has 0 atom stereocenters. The van der Waals surface area contributed by atoms with Gasteiger partial charge >= 0.3 is 0 Å². The molecular formula is C103H90. The molecule has 0 aliphatic heterocycles. The zero-order valence-electron chi connectivity index (χ0n) is 59.6. The Balaban J connectivity index is 0.0000000865. The largest absolute Gasteiger partial charge is 0.0620 e. The van der Waals surface area contributed by atoms with E-state index < -0.39 is 0 Å². The Morgan fingerprint density at radius 2 is 0.427 bits per heavy atom. The van der Waals surface area contributed by atoms with Crippen molar-refractivity contribution in [2.45, 2.75) is 135 Å². The third-order valence-corrected chi connectivity index (χ3v) is 23.9. The topological polar surface area (TPSA) is 0 Å². The summed E-state index contributed by atoms with van der Waals surface area (Å²) in [5.41, 5.74) is 22.0. The number of fused-ring (bicyclic) bond motifs is 24. The normalized spacial score (nSPS) is 14.6. The predicted molar refractivity (Wildman–Crippen MR) is 444 cm³/mol. The number of hydrogen-bond donors (Lipinski definition) is 0. The summed E-state index contributed by atoms with van der Waals surface area (Å²) in [5, 5.41) is 28.1. The second-order valence-corrected chi connectivity index (χ2v) is 30.1. The minimum atomic E-state index is 1.25. The molecule has 103 heavy (non-hydrogen) atoms. The first-order chi connectivity index (χ1) is 51.0. The second-order valence-electron chi connectivity index (χ2n) is 30.1. The van der Waals surface area contributed by atoms with Gasteiger partial charge in [-0.2, -0.15) is 0 Å². The summed E-state index contributed by atoms with van der Waals surface area (Å²) >= 11 is 0. The van der Waals surface area contributed by atoms with Gasteiger partial charge in [-0.05, 0) is 333 Å². The number of hydrogen-bond acceptors (Lipinski definition) is 0. The van der Waals surface area contributed by atoms with Crippen LogP contribution in [0.4, 0.5) is 0 Å². The molecule has 0 fully saturated rings. The quantitative estimate of drug-likeness (QED) is 0.105. The fraction of sp³-hybridized carbons (Fsp3) is 0.204. The highest BCUT2D eigenvalue weighted by Gasteiger charge is 2.20. The van der Waals surface area contributed by atoms with Crippen LogP contribution < -0.4 is 0 Å². The smallest absolute Gasteiger partial charge is 0.00706 e. The molecule has 0 N–H and O–H groups in total. The summed E-state index contributed by atoms with van der Waals surface area (Å²) in [6, 6.07) is 107. The van der Waals surface area contributed by atoms with Crippen LogP contribution in [0.1, 0.15) is 123 Å². The summed E-state index contributed by atoms with van der Waals surface area (Å²) in [4.78, 5) is 0. The maximum absolute atomic E-state index is 2.42. The highest BCUT2D eigenvalue weighted by molar-refractivity contribution is 6.11. The van der Waals surface area contributed by atoms with Crippen LogP contribution in [0.15, 0.2) is 291 Å². The summed E-state index contributed by atoms with van der Waals surface area (Å²) in [5.74, 6) is 0. The molecule has 0 nitrogen and oxygen atoms in total. The molecule has 502 valence electrons. The first-order valence-electron chi connectivity index (χ1n) is 38.8. The van der Waals surface area contributed by atoms with Crippen LogP contribution in [-0.2, 0) is 89.9 Å². The SMILES string of the molecule is c1ccc2c(c1)CCC2.c1ccc2c(c1)ccc1c3c(ccc12)CCC3.c1ccc2c(c1)ccc1cc3c(cc12)CCC3.c1ccc2c(c1)ccc1ccc3c(c12)CCC3.c1ccc2c3c(ccc2c1)CCC3.c1ccc2cc3c(cc2c1)CCC3.c1ccc2cc3c4c(ccc3cc2c1)CCC4. The Labute approximate surface area is 607 Å². The Morgan fingerprint density at radius 3 is 1.00 bits per heavy atom. The molecule has 0 spiro atoms. The van der Waals surface area contributed by atoms with Gasteiger partial charge in [0.15, 0.2) is 0 Å². The highest BCUT2D eigenvalue weighted by Crippen LogP contribution is 2.39. The zero-order valence-corrected chi connectivity index (χ0v) is 59.6. The molecule has 17 aromatic rings. The molecule has 0 aromatic heterocycles. The first kappa shape index (κ1) is 64.4. The molecule has 17 aromatic carbocycles. The molecule has 7 aliphatic rings. The molecule has 0 heteroatoms. The lowest BCUT2D eigenvalue weighted by Crippen LogP contribution is -1.86. The van der Waals surface area contributed by atoms with Gasteiger partial charge in [-0.1, -0.05) is 279 Å². The van der Waals surface area contributed by atoms with Gasteiger partial charge in [0, 0.05) is 0 Å². The van der Waals surface area contributed by atoms with E-state index in [1.165, 1.54) is 243 Å². The molecule has 0 heterocycles. The Kier molecular flexibility index (Phi) is 18.1. The van der Waals surface area contributed by atoms with Crippen LogP contribution in [0.2, 0.25) is 0 Å². The van der Waals surface area contributed by atoms with E-state index in [-0.39, 0.29) is 0 Å². The Hall–Kier alpha value is -10.7. The van der Waals surface area contributed by atoms with Crippen molar-refractivity contribution < 1.29 is 0 Å². The first-order valence-corrected chi connectivity index (χ1v) is 38.8. The van der Waals surface area contributed by atoms with E-state index in [0.717, 1.165) is 0 Å². The van der Waals surface area contributed by atoms with Crippen molar-refractivity contribution in [2.24, 2.45) is 0 Å². The number of rotatable bonds is 0. The van der Waals surface area contributed by atoms with Gasteiger partial charge in [0.05, 0.1) is 0 Å². The van der Waals surface area contributed by atoms with Gasteiger partial charge in [0.1, 0.15) is 0 Å². The van der Waals surface area contributed by atoms with Gasteiger partial charge in [-0.15, -0.1) is 0 Å². The minimum Gasteiger partial charge on any atom is -0.0620 e. The van der Waals surface area contributed by atoms with Gasteiger partial charge in [0.2, 0.25) is 0 Å². The van der Waals surface area contributed by atoms with Crippen LogP contribution in [0.25, 0.3) is 108 Å². The Bertz CT molecular complexity index is 5890. The van der Waals surface area contributed by atoms with Crippen molar-refractivity contribution in [3.63, 3.8) is 0 Å². The van der Waals surface area contributed by atoms with E-state index in [4.69, 9.17) is 0 Å². The third-order valence-electron chi connectivity index (χ3n) is 23.9. The number of aryl methyl sites for hydroxylation is 14. The molecule has 0 saturated heterocycles. The molecule has 0 saturated carbocycles. The monoisotopic (exact) mass is 1330 g/mol. The Morgan fingerprint density at radius 1 is 0.126 bits per heavy atom. The molecule has 0 radical (unpaired) electrons. The average Bonchev–Trinajstić information content (AvgIpc) is 1.70. The summed E-state index contributed by atoms with van der Waals surface area (Å²) in [7, 11) is 0. The lowest BCUT2D eigenvalue weighted by atomic mass is 9.95. The minimum absolute atomic E-state index is 1.25. The van der Waals surface area contributed by atoms with E-state index in [9.17, 15) is 0 Å². The van der Waals surface area contributed by atoms with Crippen molar-refractivity contribution in [3.8, 4) is 0 Å². The van der Waals surface area contributed by atoms with Crippen LogP contribution in [0, 0.1) is 0 Å². The lowest BCUT2D eigenvalue weighted by Gasteiger charge is -2.09. The van der Waals surface area contributed by atoms with Crippen molar-refractivity contribution in [2.75, 3.05) is 0 Å². The average molecular weight is 1330 g/mol. The van der Waals surface area contributed by atoms with Gasteiger partial charge in [-0.25, -0.2) is 0 Å². The lowest BCUT2D eigenvalue weighted by molar-refractivity contribution is 0.912. The molecule has 0 amide bonds.